The van der Waals surface area contributed by atoms with Crippen LogP contribution in [-0.4, -0.2) is 31.0 Å². The van der Waals surface area contributed by atoms with Gasteiger partial charge in [-0.25, -0.2) is 0 Å². The van der Waals surface area contributed by atoms with E-state index in [9.17, 15) is 4.79 Å². The fraction of sp³-hybridized carbons (Fsp3) is 0.316. The number of hydrogen-bond donors (Lipinski definition) is 1. The van der Waals surface area contributed by atoms with Crippen LogP contribution in [0.25, 0.3) is 0 Å². The molecule has 2 aromatic carbocycles. The molecule has 3 rings (SSSR count). The zero-order chi connectivity index (χ0) is 16.2. The van der Waals surface area contributed by atoms with Crippen molar-refractivity contribution in [2.45, 2.75) is 19.4 Å². The summed E-state index contributed by atoms with van der Waals surface area (Å²) in [7, 11) is 1.68. The van der Waals surface area contributed by atoms with Crippen molar-refractivity contribution in [3.63, 3.8) is 0 Å². The van der Waals surface area contributed by atoms with Crippen LogP contribution in [0.4, 0.5) is 0 Å². The lowest BCUT2D eigenvalue weighted by Crippen LogP contribution is -2.33. The molecule has 4 heteroatoms. The van der Waals surface area contributed by atoms with Gasteiger partial charge in [0, 0.05) is 25.2 Å². The highest BCUT2D eigenvalue weighted by Gasteiger charge is 2.20. The van der Waals surface area contributed by atoms with Crippen molar-refractivity contribution in [1.82, 2.24) is 4.90 Å². The van der Waals surface area contributed by atoms with E-state index in [4.69, 9.17) is 10.5 Å². The maximum atomic E-state index is 11.5. The van der Waals surface area contributed by atoms with E-state index in [0.29, 0.717) is 5.56 Å². The van der Waals surface area contributed by atoms with Crippen molar-refractivity contribution in [2.24, 2.45) is 5.73 Å². The van der Waals surface area contributed by atoms with Crippen molar-refractivity contribution < 1.29 is 9.53 Å². The van der Waals surface area contributed by atoms with E-state index in [0.717, 1.165) is 43.8 Å². The lowest BCUT2D eigenvalue weighted by Gasteiger charge is -2.29. The van der Waals surface area contributed by atoms with Gasteiger partial charge < -0.3 is 10.5 Å². The van der Waals surface area contributed by atoms with Crippen LogP contribution in [0, 0.1) is 0 Å². The second-order valence-corrected chi connectivity index (χ2v) is 5.93. The van der Waals surface area contributed by atoms with Crippen molar-refractivity contribution in [3.8, 4) is 5.75 Å². The number of primary amides is 1. The molecule has 4 nitrogen and oxygen atoms in total. The molecule has 1 amide bonds. The number of nitrogens with two attached hydrogens (primary N) is 1. The lowest BCUT2D eigenvalue weighted by molar-refractivity contribution is 0.0998. The number of rotatable bonds is 5. The van der Waals surface area contributed by atoms with Crippen LogP contribution in [-0.2, 0) is 19.4 Å². The summed E-state index contributed by atoms with van der Waals surface area (Å²) in [4.78, 5) is 13.9. The first-order chi connectivity index (χ1) is 11.2. The topological polar surface area (TPSA) is 55.6 Å². The Morgan fingerprint density at radius 3 is 2.70 bits per heavy atom. The summed E-state index contributed by atoms with van der Waals surface area (Å²) < 4.78 is 5.19. The summed E-state index contributed by atoms with van der Waals surface area (Å²) >= 11 is 0. The monoisotopic (exact) mass is 310 g/mol. The molecule has 0 spiro atoms. The van der Waals surface area contributed by atoms with Gasteiger partial charge in [-0.15, -0.1) is 0 Å². The summed E-state index contributed by atoms with van der Waals surface area (Å²) in [5.74, 6) is 0.563. The third kappa shape index (κ3) is 3.54. The van der Waals surface area contributed by atoms with E-state index in [1.807, 2.05) is 24.3 Å². The number of ether oxygens (including phenoxy) is 1. The SMILES string of the molecule is COc1ccc(CCN2CCc3c(cccc3C(N)=O)C2)cc1. The minimum absolute atomic E-state index is 0.325. The van der Waals surface area contributed by atoms with Crippen LogP contribution >= 0.6 is 0 Å². The maximum Gasteiger partial charge on any atom is 0.248 e. The Balaban J connectivity index is 1.63. The van der Waals surface area contributed by atoms with Crippen LogP contribution in [0.1, 0.15) is 27.0 Å². The summed E-state index contributed by atoms with van der Waals surface area (Å²) in [6.07, 6.45) is 1.89. The molecule has 0 aromatic heterocycles. The lowest BCUT2D eigenvalue weighted by atomic mass is 9.94. The van der Waals surface area contributed by atoms with E-state index >= 15 is 0 Å². The number of hydrogen-bond acceptors (Lipinski definition) is 3. The molecule has 1 heterocycles. The quantitative estimate of drug-likeness (QED) is 0.922. The fourth-order valence-corrected chi connectivity index (χ4v) is 3.17. The van der Waals surface area contributed by atoms with Gasteiger partial charge in [0.25, 0.3) is 0 Å². The highest BCUT2D eigenvalue weighted by atomic mass is 16.5. The van der Waals surface area contributed by atoms with Gasteiger partial charge in [0.1, 0.15) is 5.75 Å². The van der Waals surface area contributed by atoms with Crippen molar-refractivity contribution in [3.05, 3.63) is 64.7 Å². The highest BCUT2D eigenvalue weighted by molar-refractivity contribution is 5.94. The molecule has 0 atom stereocenters. The Bertz CT molecular complexity index is 695. The minimum Gasteiger partial charge on any atom is -0.497 e. The van der Waals surface area contributed by atoms with Crippen LogP contribution in [0.3, 0.4) is 0 Å². The molecule has 2 aromatic rings. The number of methoxy groups -OCH3 is 1. The maximum absolute atomic E-state index is 11.5. The van der Waals surface area contributed by atoms with Gasteiger partial charge >= 0.3 is 0 Å². The number of carbonyl (C=O) groups excluding carboxylic acids is 1. The highest BCUT2D eigenvalue weighted by Crippen LogP contribution is 2.22. The van der Waals surface area contributed by atoms with E-state index < -0.39 is 0 Å². The van der Waals surface area contributed by atoms with Crippen molar-refractivity contribution in [1.29, 1.82) is 0 Å². The normalized spacial score (nSPS) is 14.3. The number of fused-ring (bicyclic) bond motifs is 1. The van der Waals surface area contributed by atoms with Gasteiger partial charge in [0.2, 0.25) is 5.91 Å². The van der Waals surface area contributed by atoms with E-state index in [-0.39, 0.29) is 5.91 Å². The first kappa shape index (κ1) is 15.6. The van der Waals surface area contributed by atoms with Crippen LogP contribution in [0.15, 0.2) is 42.5 Å². The molecule has 0 radical (unpaired) electrons. The third-order valence-electron chi connectivity index (χ3n) is 4.49. The summed E-state index contributed by atoms with van der Waals surface area (Å²) in [6.45, 7) is 2.85. The van der Waals surface area contributed by atoms with Gasteiger partial charge in [-0.1, -0.05) is 24.3 Å². The number of amides is 1. The molecule has 23 heavy (non-hydrogen) atoms. The Kier molecular flexibility index (Phi) is 4.63. The van der Waals surface area contributed by atoms with Gasteiger partial charge in [0.15, 0.2) is 0 Å². The number of carbonyl (C=O) groups is 1. The molecule has 0 saturated heterocycles. The first-order valence-electron chi connectivity index (χ1n) is 7.93. The molecule has 120 valence electrons. The first-order valence-corrected chi connectivity index (χ1v) is 7.93. The second kappa shape index (κ2) is 6.84. The predicted octanol–water partition coefficient (Wildman–Crippen LogP) is 2.39. The Hall–Kier alpha value is -2.33. The molecular weight excluding hydrogens is 288 g/mol. The van der Waals surface area contributed by atoms with Crippen LogP contribution in [0.5, 0.6) is 5.75 Å². The molecule has 2 N–H and O–H groups in total. The van der Waals surface area contributed by atoms with Gasteiger partial charge in [0.05, 0.1) is 7.11 Å². The van der Waals surface area contributed by atoms with E-state index in [2.05, 4.69) is 23.1 Å². The molecule has 0 aliphatic carbocycles. The van der Waals surface area contributed by atoms with Crippen LogP contribution in [0.2, 0.25) is 0 Å². The summed E-state index contributed by atoms with van der Waals surface area (Å²) in [5.41, 5.74) is 9.80. The zero-order valence-corrected chi connectivity index (χ0v) is 13.4. The van der Waals surface area contributed by atoms with E-state index in [1.54, 1.807) is 7.11 Å². The smallest absolute Gasteiger partial charge is 0.248 e. The predicted molar refractivity (Wildman–Crippen MR) is 90.6 cm³/mol. The average molecular weight is 310 g/mol. The van der Waals surface area contributed by atoms with Crippen LogP contribution < -0.4 is 10.5 Å². The molecular formula is C19H22N2O2. The summed E-state index contributed by atoms with van der Waals surface area (Å²) in [5, 5.41) is 0. The molecule has 0 unspecified atom stereocenters. The molecule has 0 bridgehead atoms. The second-order valence-electron chi connectivity index (χ2n) is 5.93. The number of nitrogens with zero attached hydrogens (tertiary/aromatic N) is 1. The largest absolute Gasteiger partial charge is 0.497 e. The van der Waals surface area contributed by atoms with Crippen molar-refractivity contribution in [2.75, 3.05) is 20.2 Å². The zero-order valence-electron chi connectivity index (χ0n) is 13.4. The molecule has 1 aliphatic heterocycles. The third-order valence-corrected chi connectivity index (χ3v) is 4.49. The molecule has 0 saturated carbocycles. The standard InChI is InChI=1S/C19H22N2O2/c1-23-16-7-5-14(6-8-16)9-11-21-12-10-17-15(13-21)3-2-4-18(17)19(20)22/h2-8H,9-13H2,1H3,(H2,20,22). The van der Waals surface area contributed by atoms with Gasteiger partial charge in [-0.05, 0) is 47.7 Å². The van der Waals surface area contributed by atoms with Gasteiger partial charge in [-0.2, -0.15) is 0 Å². The Morgan fingerprint density at radius 2 is 2.00 bits per heavy atom. The van der Waals surface area contributed by atoms with Crippen molar-refractivity contribution >= 4 is 5.91 Å². The summed E-state index contributed by atoms with van der Waals surface area (Å²) in [6, 6.07) is 14.1. The Labute approximate surface area is 136 Å². The minimum atomic E-state index is -0.325. The average Bonchev–Trinajstić information content (AvgIpc) is 2.59. The van der Waals surface area contributed by atoms with Gasteiger partial charge in [-0.3, -0.25) is 9.69 Å². The van der Waals surface area contributed by atoms with E-state index in [1.165, 1.54) is 11.1 Å². The Morgan fingerprint density at radius 1 is 1.22 bits per heavy atom. The number of benzene rings is 2. The fourth-order valence-electron chi connectivity index (χ4n) is 3.17. The molecule has 0 fully saturated rings. The molecule has 1 aliphatic rings.